The second-order valence-corrected chi connectivity index (χ2v) is 6.98. The highest BCUT2D eigenvalue weighted by molar-refractivity contribution is 5.84. The number of rotatable bonds is 3. The summed E-state index contributed by atoms with van der Waals surface area (Å²) >= 11 is 0. The van der Waals surface area contributed by atoms with Gasteiger partial charge in [-0.05, 0) is 36.2 Å². The van der Waals surface area contributed by atoms with Crippen molar-refractivity contribution in [2.24, 2.45) is 0 Å². The van der Waals surface area contributed by atoms with E-state index in [1.807, 2.05) is 23.0 Å². The van der Waals surface area contributed by atoms with Crippen molar-refractivity contribution in [1.82, 2.24) is 24.6 Å². The van der Waals surface area contributed by atoms with E-state index in [2.05, 4.69) is 62.2 Å². The number of fused-ring (bicyclic) bond motifs is 3. The fraction of sp³-hybridized carbons (Fsp3) is 0.0952. The summed E-state index contributed by atoms with van der Waals surface area (Å²) in [6.07, 6.45) is 8.59. The van der Waals surface area contributed by atoms with Crippen molar-refractivity contribution in [2.75, 3.05) is 17.2 Å². The summed E-state index contributed by atoms with van der Waals surface area (Å²) in [5, 5.41) is 15.1. The zero-order chi connectivity index (χ0) is 18.5. The first-order valence-corrected chi connectivity index (χ1v) is 9.24. The fourth-order valence-electron chi connectivity index (χ4n) is 3.77. The Hall–Kier alpha value is -3.87. The molecule has 3 aromatic heterocycles. The highest BCUT2D eigenvalue weighted by atomic mass is 15.1. The Morgan fingerprint density at radius 2 is 2.11 bits per heavy atom. The minimum atomic E-state index is 0.734. The lowest BCUT2D eigenvalue weighted by atomic mass is 10.1. The van der Waals surface area contributed by atoms with Crippen molar-refractivity contribution in [3.05, 3.63) is 66.7 Å². The second-order valence-electron chi connectivity index (χ2n) is 6.98. The summed E-state index contributed by atoms with van der Waals surface area (Å²) in [4.78, 5) is 9.35. The van der Waals surface area contributed by atoms with Crippen LogP contribution in [0.5, 0.6) is 0 Å². The number of benzene rings is 2. The maximum absolute atomic E-state index is 4.88. The molecule has 1 aliphatic heterocycles. The molecule has 0 fully saturated rings. The van der Waals surface area contributed by atoms with Gasteiger partial charge in [-0.15, -0.1) is 0 Å². The monoisotopic (exact) mass is 367 g/mol. The summed E-state index contributed by atoms with van der Waals surface area (Å²) in [6.45, 7) is 0.993. The molecule has 0 aliphatic carbocycles. The number of hydrogen-bond donors (Lipinski definition) is 3. The number of imidazole rings is 1. The predicted molar refractivity (Wildman–Crippen MR) is 110 cm³/mol. The molecule has 0 bridgehead atoms. The third-order valence-corrected chi connectivity index (χ3v) is 5.19. The van der Waals surface area contributed by atoms with Crippen LogP contribution in [0.25, 0.3) is 27.8 Å². The molecule has 0 radical (unpaired) electrons. The van der Waals surface area contributed by atoms with Crippen LogP contribution in [0.4, 0.5) is 17.2 Å². The van der Waals surface area contributed by atoms with Gasteiger partial charge >= 0.3 is 0 Å². The number of H-pyrrole nitrogens is 1. The number of aromatic nitrogens is 5. The summed E-state index contributed by atoms with van der Waals surface area (Å²) in [7, 11) is 0. The van der Waals surface area contributed by atoms with E-state index in [0.29, 0.717) is 0 Å². The van der Waals surface area contributed by atoms with E-state index in [4.69, 9.17) is 4.98 Å². The van der Waals surface area contributed by atoms with E-state index in [1.165, 1.54) is 11.3 Å². The Bertz CT molecular complexity index is 1330. The number of nitrogens with zero attached hydrogens (tertiary/aromatic N) is 4. The molecule has 5 aromatic rings. The van der Waals surface area contributed by atoms with Gasteiger partial charge in [-0.25, -0.2) is 9.97 Å². The molecule has 3 N–H and O–H groups in total. The molecule has 0 unspecified atom stereocenters. The van der Waals surface area contributed by atoms with Crippen LogP contribution >= 0.6 is 0 Å². The Morgan fingerprint density at radius 3 is 3.11 bits per heavy atom. The fourth-order valence-corrected chi connectivity index (χ4v) is 3.77. The van der Waals surface area contributed by atoms with Gasteiger partial charge in [0.15, 0.2) is 11.5 Å². The van der Waals surface area contributed by atoms with Gasteiger partial charge in [-0.3, -0.25) is 5.10 Å². The van der Waals surface area contributed by atoms with E-state index in [0.717, 1.165) is 52.3 Å². The van der Waals surface area contributed by atoms with Gasteiger partial charge in [0.2, 0.25) is 0 Å². The lowest BCUT2D eigenvalue weighted by Crippen LogP contribution is -2.00. The average molecular weight is 367 g/mol. The van der Waals surface area contributed by atoms with Crippen LogP contribution in [-0.2, 0) is 6.42 Å². The predicted octanol–water partition coefficient (Wildman–Crippen LogP) is 3.98. The maximum Gasteiger partial charge on any atom is 0.180 e. The third-order valence-electron chi connectivity index (χ3n) is 5.19. The molecule has 1 aliphatic rings. The van der Waals surface area contributed by atoms with Gasteiger partial charge in [0.05, 0.1) is 17.4 Å². The lowest BCUT2D eigenvalue weighted by Gasteiger charge is -2.11. The quantitative estimate of drug-likeness (QED) is 0.449. The van der Waals surface area contributed by atoms with Gasteiger partial charge in [0.1, 0.15) is 0 Å². The van der Waals surface area contributed by atoms with Crippen molar-refractivity contribution in [3.8, 4) is 11.3 Å². The molecule has 7 nitrogen and oxygen atoms in total. The molecule has 28 heavy (non-hydrogen) atoms. The van der Waals surface area contributed by atoms with Crippen LogP contribution in [0.1, 0.15) is 5.56 Å². The van der Waals surface area contributed by atoms with E-state index in [-0.39, 0.29) is 0 Å². The van der Waals surface area contributed by atoms with Crippen molar-refractivity contribution < 1.29 is 0 Å². The van der Waals surface area contributed by atoms with Crippen LogP contribution in [0, 0.1) is 0 Å². The molecular weight excluding hydrogens is 350 g/mol. The first-order chi connectivity index (χ1) is 13.8. The van der Waals surface area contributed by atoms with Crippen molar-refractivity contribution >= 4 is 33.7 Å². The van der Waals surface area contributed by atoms with Crippen molar-refractivity contribution in [1.29, 1.82) is 0 Å². The lowest BCUT2D eigenvalue weighted by molar-refractivity contribution is 1.10. The molecule has 136 valence electrons. The minimum absolute atomic E-state index is 0.734. The highest BCUT2D eigenvalue weighted by Gasteiger charge is 2.13. The molecule has 0 amide bonds. The topological polar surface area (TPSA) is 82.9 Å². The van der Waals surface area contributed by atoms with Crippen LogP contribution in [0.3, 0.4) is 0 Å². The molecule has 0 saturated carbocycles. The van der Waals surface area contributed by atoms with E-state index in [9.17, 15) is 0 Å². The van der Waals surface area contributed by atoms with Gasteiger partial charge in [0, 0.05) is 47.5 Å². The molecule has 6 rings (SSSR count). The second kappa shape index (κ2) is 5.82. The number of hydrogen-bond acceptors (Lipinski definition) is 5. The summed E-state index contributed by atoms with van der Waals surface area (Å²) < 4.78 is 2.00. The largest absolute Gasteiger partial charge is 0.384 e. The first-order valence-electron chi connectivity index (χ1n) is 9.24. The molecule has 2 aromatic carbocycles. The Labute approximate surface area is 160 Å². The number of aromatic amines is 1. The normalized spacial score (nSPS) is 13.0. The van der Waals surface area contributed by atoms with Crippen LogP contribution in [0.2, 0.25) is 0 Å². The third kappa shape index (κ3) is 2.40. The Balaban J connectivity index is 1.45. The summed E-state index contributed by atoms with van der Waals surface area (Å²) in [6, 6.07) is 12.5. The van der Waals surface area contributed by atoms with Crippen LogP contribution in [0.15, 0.2) is 61.2 Å². The number of nitrogens with one attached hydrogen (secondary N) is 3. The highest BCUT2D eigenvalue weighted by Crippen LogP contribution is 2.29. The first kappa shape index (κ1) is 15.2. The average Bonchev–Trinajstić information content (AvgIpc) is 3.46. The molecule has 4 heterocycles. The van der Waals surface area contributed by atoms with Crippen molar-refractivity contribution in [3.63, 3.8) is 0 Å². The van der Waals surface area contributed by atoms with Gasteiger partial charge < -0.3 is 15.0 Å². The smallest absolute Gasteiger partial charge is 0.180 e. The van der Waals surface area contributed by atoms with Gasteiger partial charge in [-0.2, -0.15) is 5.10 Å². The van der Waals surface area contributed by atoms with Crippen LogP contribution in [-0.4, -0.2) is 31.1 Å². The zero-order valence-corrected chi connectivity index (χ0v) is 15.0. The van der Waals surface area contributed by atoms with Gasteiger partial charge in [0.25, 0.3) is 0 Å². The summed E-state index contributed by atoms with van der Waals surface area (Å²) in [5.41, 5.74) is 7.23. The van der Waals surface area contributed by atoms with Crippen molar-refractivity contribution in [2.45, 2.75) is 6.42 Å². The maximum atomic E-state index is 4.88. The number of anilines is 3. The minimum Gasteiger partial charge on any atom is -0.384 e. The molecular formula is C21H17N7. The van der Waals surface area contributed by atoms with E-state index < -0.39 is 0 Å². The Kier molecular flexibility index (Phi) is 3.16. The molecule has 7 heteroatoms. The van der Waals surface area contributed by atoms with E-state index >= 15 is 0 Å². The summed E-state index contributed by atoms with van der Waals surface area (Å²) in [5.74, 6) is 0.734. The van der Waals surface area contributed by atoms with Crippen LogP contribution < -0.4 is 10.6 Å². The molecule has 0 atom stereocenters. The molecule has 0 spiro atoms. The SMILES string of the molecule is c1cn2cc(-c3ccc4cn[nH]c4c3)nc(Nc3ccc4c(c3)CCN4)c2n1. The zero-order valence-electron chi connectivity index (χ0n) is 15.0. The van der Waals surface area contributed by atoms with Gasteiger partial charge in [-0.1, -0.05) is 12.1 Å². The standard InChI is InChI=1S/C21H17N7/c1-2-15-11-24-27-18(15)10-13(1)19-12-28-8-7-23-21(28)20(26-19)25-16-3-4-17-14(9-16)5-6-22-17/h1-4,7-12,22H,5-6H2,(H,24,27)(H,25,26). The Morgan fingerprint density at radius 1 is 1.11 bits per heavy atom. The van der Waals surface area contributed by atoms with E-state index in [1.54, 1.807) is 6.20 Å². The molecule has 0 saturated heterocycles.